The molecule has 0 spiro atoms. The lowest BCUT2D eigenvalue weighted by molar-refractivity contribution is -0.137. The van der Waals surface area contributed by atoms with Crippen LogP contribution >= 0.6 is 13.5 Å². The fourth-order valence-electron chi connectivity index (χ4n) is 2.87. The van der Waals surface area contributed by atoms with Crippen molar-refractivity contribution in [3.05, 3.63) is 71.6 Å². The van der Waals surface area contributed by atoms with Gasteiger partial charge in [0.25, 0.3) is 5.91 Å². The normalized spacial score (nSPS) is 12.4. The van der Waals surface area contributed by atoms with Crippen LogP contribution in [-0.4, -0.2) is 25.7 Å². The third-order valence-electron chi connectivity index (χ3n) is 4.26. The van der Waals surface area contributed by atoms with Crippen molar-refractivity contribution in [2.45, 2.75) is 19.1 Å². The minimum atomic E-state index is -4.78. The lowest BCUT2D eigenvalue weighted by Crippen LogP contribution is -2.29. The van der Waals surface area contributed by atoms with Gasteiger partial charge in [0.15, 0.2) is 11.4 Å². The van der Waals surface area contributed by atoms with E-state index in [0.717, 1.165) is 6.07 Å². The molecule has 0 bridgehead atoms. The van der Waals surface area contributed by atoms with Gasteiger partial charge in [-0.05, 0) is 37.3 Å². The maximum absolute atomic E-state index is 13.6. The van der Waals surface area contributed by atoms with Gasteiger partial charge < -0.3 is 9.73 Å². The first-order valence-corrected chi connectivity index (χ1v) is 8.67. The average molecular weight is 453 g/mol. The minimum absolute atomic E-state index is 0. The van der Waals surface area contributed by atoms with Crippen LogP contribution < -0.4 is 5.32 Å². The van der Waals surface area contributed by atoms with Gasteiger partial charge in [0, 0.05) is 5.56 Å². The van der Waals surface area contributed by atoms with Crippen molar-refractivity contribution in [3.63, 3.8) is 0 Å². The van der Waals surface area contributed by atoms with Crippen LogP contribution in [0.2, 0.25) is 0 Å². The number of aromatic nitrogens is 4. The summed E-state index contributed by atoms with van der Waals surface area (Å²) in [6.45, 7) is 1.55. The highest BCUT2D eigenvalue weighted by atomic mass is 32.1. The van der Waals surface area contributed by atoms with Crippen molar-refractivity contribution in [1.82, 2.24) is 25.1 Å². The Kier molecular flexibility index (Phi) is 6.02. The predicted molar refractivity (Wildman–Crippen MR) is 107 cm³/mol. The molecule has 1 atom stereocenters. The molecule has 31 heavy (non-hydrogen) atoms. The summed E-state index contributed by atoms with van der Waals surface area (Å²) in [4.78, 5) is 20.8. The topological polar surface area (TPSA) is 85.8 Å². The van der Waals surface area contributed by atoms with E-state index in [0.29, 0.717) is 23.2 Å². The van der Waals surface area contributed by atoms with Crippen LogP contribution in [-0.2, 0) is 6.18 Å². The van der Waals surface area contributed by atoms with E-state index < -0.39 is 35.1 Å². The summed E-state index contributed by atoms with van der Waals surface area (Å²) in [6.07, 6.45) is -3.56. The zero-order chi connectivity index (χ0) is 21.5. The number of carbonyl (C=O) groups is 1. The van der Waals surface area contributed by atoms with Crippen LogP contribution in [0.25, 0.3) is 17.1 Å². The molecule has 0 aliphatic carbocycles. The maximum atomic E-state index is 13.6. The largest absolute Gasteiger partial charge is 0.422 e. The molecule has 0 aliphatic heterocycles. The molecule has 0 radical (unpaired) electrons. The van der Waals surface area contributed by atoms with Crippen molar-refractivity contribution in [2.24, 2.45) is 0 Å². The third-order valence-corrected chi connectivity index (χ3v) is 4.26. The number of nitrogens with zero attached hydrogens (tertiary/aromatic N) is 4. The summed E-state index contributed by atoms with van der Waals surface area (Å²) in [5.74, 6) is -1.85. The van der Waals surface area contributed by atoms with E-state index in [2.05, 4.69) is 20.4 Å². The predicted octanol–water partition coefficient (Wildman–Crippen LogP) is 4.17. The molecule has 4 rings (SSSR count). The van der Waals surface area contributed by atoms with E-state index in [1.165, 1.54) is 11.0 Å². The lowest BCUT2D eigenvalue weighted by Gasteiger charge is -2.14. The highest BCUT2D eigenvalue weighted by Gasteiger charge is 2.32. The Morgan fingerprint density at radius 1 is 1.19 bits per heavy atom. The third kappa shape index (κ3) is 4.53. The number of oxazole rings is 1. The SMILES string of the molecule is C[C@H](NC(=O)c1cc(F)cc(C(F)(F)F)c1)c1ncnn1-c1nc2ccccc2o1.S. The first-order chi connectivity index (χ1) is 14.2. The van der Waals surface area contributed by atoms with E-state index in [1.807, 2.05) is 0 Å². The summed E-state index contributed by atoms with van der Waals surface area (Å²) < 4.78 is 59.1. The number of hydrogen-bond acceptors (Lipinski definition) is 5. The van der Waals surface area contributed by atoms with Gasteiger partial charge in [-0.3, -0.25) is 4.79 Å². The Labute approximate surface area is 179 Å². The van der Waals surface area contributed by atoms with Gasteiger partial charge in [0.2, 0.25) is 0 Å². The number of carbonyl (C=O) groups excluding carboxylic acids is 1. The molecule has 0 unspecified atom stereocenters. The molecule has 0 saturated carbocycles. The lowest BCUT2D eigenvalue weighted by atomic mass is 10.1. The highest BCUT2D eigenvalue weighted by molar-refractivity contribution is 7.59. The minimum Gasteiger partial charge on any atom is -0.422 e. The van der Waals surface area contributed by atoms with E-state index in [-0.39, 0.29) is 25.3 Å². The van der Waals surface area contributed by atoms with Gasteiger partial charge in [-0.1, -0.05) is 12.1 Å². The van der Waals surface area contributed by atoms with Gasteiger partial charge in [0.05, 0.1) is 11.6 Å². The number of hydrogen-bond donors (Lipinski definition) is 1. The zero-order valence-electron chi connectivity index (χ0n) is 15.8. The molecule has 2 aromatic carbocycles. The van der Waals surface area contributed by atoms with Gasteiger partial charge in [-0.2, -0.15) is 41.4 Å². The molecule has 2 heterocycles. The highest BCUT2D eigenvalue weighted by Crippen LogP contribution is 2.30. The summed E-state index contributed by atoms with van der Waals surface area (Å²) in [5, 5.41) is 6.52. The van der Waals surface area contributed by atoms with Crippen LogP contribution in [0.3, 0.4) is 0 Å². The van der Waals surface area contributed by atoms with Gasteiger partial charge >= 0.3 is 12.2 Å². The second-order valence-corrected chi connectivity index (χ2v) is 6.42. The standard InChI is InChI=1S/C19H13F4N5O2.H2S/c1-10(26-17(29)11-6-12(19(21,22)23)8-13(20)7-11)16-24-9-25-28(16)18-27-14-4-2-3-5-15(14)30-18;/h2-10H,1H3,(H,26,29);1H2/t10-;/m0./s1. The Morgan fingerprint density at radius 2 is 1.94 bits per heavy atom. The number of nitrogens with one attached hydrogen (secondary N) is 1. The zero-order valence-corrected chi connectivity index (χ0v) is 16.8. The molecule has 162 valence electrons. The first-order valence-electron chi connectivity index (χ1n) is 8.67. The smallest absolute Gasteiger partial charge is 0.416 e. The van der Waals surface area contributed by atoms with E-state index in [1.54, 1.807) is 31.2 Å². The van der Waals surface area contributed by atoms with E-state index >= 15 is 0 Å². The second-order valence-electron chi connectivity index (χ2n) is 6.42. The monoisotopic (exact) mass is 453 g/mol. The van der Waals surface area contributed by atoms with Crippen LogP contribution in [0, 0.1) is 5.82 Å². The summed E-state index contributed by atoms with van der Waals surface area (Å²) in [6, 6.07) is 7.96. The van der Waals surface area contributed by atoms with Crippen molar-refractivity contribution in [3.8, 4) is 6.01 Å². The molecule has 0 saturated heterocycles. The van der Waals surface area contributed by atoms with Crippen LogP contribution in [0.5, 0.6) is 0 Å². The molecule has 4 aromatic rings. The Hall–Kier alpha value is -3.41. The number of benzene rings is 2. The molecule has 1 N–H and O–H groups in total. The number of halogens is 4. The van der Waals surface area contributed by atoms with E-state index in [9.17, 15) is 22.4 Å². The van der Waals surface area contributed by atoms with Crippen molar-refractivity contribution >= 4 is 30.5 Å². The summed E-state index contributed by atoms with van der Waals surface area (Å²) in [5.41, 5.74) is -0.618. The number of amides is 1. The first kappa shape index (κ1) is 22.3. The molecule has 1 amide bonds. The maximum Gasteiger partial charge on any atom is 0.416 e. The van der Waals surface area contributed by atoms with Crippen LogP contribution in [0.1, 0.15) is 34.7 Å². The van der Waals surface area contributed by atoms with Gasteiger partial charge in [-0.25, -0.2) is 9.37 Å². The van der Waals surface area contributed by atoms with Crippen molar-refractivity contribution in [2.75, 3.05) is 0 Å². The fourth-order valence-corrected chi connectivity index (χ4v) is 2.87. The summed E-state index contributed by atoms with van der Waals surface area (Å²) >= 11 is 0. The molecule has 7 nitrogen and oxygen atoms in total. The van der Waals surface area contributed by atoms with Crippen molar-refractivity contribution < 1.29 is 26.8 Å². The van der Waals surface area contributed by atoms with Crippen LogP contribution in [0.4, 0.5) is 17.6 Å². The number of fused-ring (bicyclic) bond motifs is 1. The number of rotatable bonds is 4. The Bertz CT molecular complexity index is 1200. The Balaban J connectivity index is 0.00000272. The van der Waals surface area contributed by atoms with Crippen molar-refractivity contribution in [1.29, 1.82) is 0 Å². The molecule has 0 fully saturated rings. The molecule has 2 aromatic heterocycles. The molecule has 12 heteroatoms. The van der Waals surface area contributed by atoms with Gasteiger partial charge in [0.1, 0.15) is 17.7 Å². The van der Waals surface area contributed by atoms with E-state index in [4.69, 9.17) is 4.42 Å². The average Bonchev–Trinajstić information content (AvgIpc) is 3.33. The fraction of sp³-hybridized carbons (Fsp3) is 0.158. The quantitative estimate of drug-likeness (QED) is 0.469. The molecular weight excluding hydrogens is 438 g/mol. The Morgan fingerprint density at radius 3 is 2.65 bits per heavy atom. The second kappa shape index (κ2) is 8.38. The van der Waals surface area contributed by atoms with Gasteiger partial charge in [-0.15, -0.1) is 0 Å². The molecule has 0 aliphatic rings. The number of alkyl halides is 3. The molecular formula is C19H15F4N5O2S. The van der Waals surface area contributed by atoms with Crippen LogP contribution in [0.15, 0.2) is 53.2 Å². The summed E-state index contributed by atoms with van der Waals surface area (Å²) in [7, 11) is 0. The number of para-hydroxylation sites is 2.